The molecule has 0 unspecified atom stereocenters. The molecule has 0 fully saturated rings. The Morgan fingerprint density at radius 2 is 2.14 bits per heavy atom. The van der Waals surface area contributed by atoms with E-state index in [9.17, 15) is 0 Å². The van der Waals surface area contributed by atoms with Crippen molar-refractivity contribution in [2.75, 3.05) is 32.8 Å². The van der Waals surface area contributed by atoms with Gasteiger partial charge in [0.2, 0.25) is 5.89 Å². The highest BCUT2D eigenvalue weighted by Gasteiger charge is 2.03. The van der Waals surface area contributed by atoms with Crippen molar-refractivity contribution in [2.45, 2.75) is 40.5 Å². The third-order valence-electron chi connectivity index (χ3n) is 2.89. The van der Waals surface area contributed by atoms with Crippen molar-refractivity contribution in [3.05, 3.63) is 11.7 Å². The monoisotopic (exact) mass is 311 g/mol. The topological polar surface area (TPSA) is 84.6 Å². The van der Waals surface area contributed by atoms with Crippen LogP contribution in [-0.2, 0) is 11.2 Å². The SMILES string of the molecule is CCNC(=NCCOCCC(C)C)NCCc1nc(C)no1. The lowest BCUT2D eigenvalue weighted by atomic mass is 10.1. The number of nitrogens with zero attached hydrogens (tertiary/aromatic N) is 3. The van der Waals surface area contributed by atoms with Crippen LogP contribution in [0.15, 0.2) is 9.52 Å². The Bertz CT molecular complexity index is 431. The van der Waals surface area contributed by atoms with E-state index in [1.165, 1.54) is 0 Å². The van der Waals surface area contributed by atoms with Crippen LogP contribution in [0, 0.1) is 12.8 Å². The van der Waals surface area contributed by atoms with Crippen LogP contribution in [0.1, 0.15) is 38.9 Å². The first-order valence-electron chi connectivity index (χ1n) is 8.01. The normalized spacial score (nSPS) is 12.0. The maximum Gasteiger partial charge on any atom is 0.228 e. The minimum atomic E-state index is 0.637. The highest BCUT2D eigenvalue weighted by atomic mass is 16.5. The summed E-state index contributed by atoms with van der Waals surface area (Å²) in [6.45, 7) is 11.8. The summed E-state index contributed by atoms with van der Waals surface area (Å²) >= 11 is 0. The van der Waals surface area contributed by atoms with Gasteiger partial charge in [0, 0.05) is 26.1 Å². The molecular weight excluding hydrogens is 282 g/mol. The van der Waals surface area contributed by atoms with Crippen molar-refractivity contribution in [2.24, 2.45) is 10.9 Å². The van der Waals surface area contributed by atoms with E-state index in [0.717, 1.165) is 25.5 Å². The Hall–Kier alpha value is -1.63. The molecule has 0 spiro atoms. The first-order chi connectivity index (χ1) is 10.6. The Kier molecular flexibility index (Phi) is 9.21. The lowest BCUT2D eigenvalue weighted by molar-refractivity contribution is 0.130. The van der Waals surface area contributed by atoms with Gasteiger partial charge in [-0.2, -0.15) is 4.98 Å². The van der Waals surface area contributed by atoms with E-state index >= 15 is 0 Å². The number of ether oxygens (including phenoxy) is 1. The molecule has 0 bridgehead atoms. The summed E-state index contributed by atoms with van der Waals surface area (Å²) in [4.78, 5) is 8.63. The number of rotatable bonds is 10. The third-order valence-corrected chi connectivity index (χ3v) is 2.89. The highest BCUT2D eigenvalue weighted by Crippen LogP contribution is 1.98. The Morgan fingerprint density at radius 1 is 1.32 bits per heavy atom. The van der Waals surface area contributed by atoms with Gasteiger partial charge in [-0.05, 0) is 26.2 Å². The van der Waals surface area contributed by atoms with Crippen molar-refractivity contribution >= 4 is 5.96 Å². The molecule has 22 heavy (non-hydrogen) atoms. The average molecular weight is 311 g/mol. The van der Waals surface area contributed by atoms with Crippen LogP contribution in [-0.4, -0.2) is 48.9 Å². The molecule has 0 aromatic carbocycles. The van der Waals surface area contributed by atoms with Crippen molar-refractivity contribution < 1.29 is 9.26 Å². The highest BCUT2D eigenvalue weighted by molar-refractivity contribution is 5.79. The lowest BCUT2D eigenvalue weighted by Gasteiger charge is -2.10. The fourth-order valence-corrected chi connectivity index (χ4v) is 1.71. The summed E-state index contributed by atoms with van der Waals surface area (Å²) < 4.78 is 10.6. The summed E-state index contributed by atoms with van der Waals surface area (Å²) in [5.41, 5.74) is 0. The zero-order valence-electron chi connectivity index (χ0n) is 14.2. The number of aliphatic imine (C=N–C) groups is 1. The van der Waals surface area contributed by atoms with Crippen molar-refractivity contribution in [3.8, 4) is 0 Å². The van der Waals surface area contributed by atoms with Gasteiger partial charge in [-0.1, -0.05) is 19.0 Å². The zero-order chi connectivity index (χ0) is 16.2. The van der Waals surface area contributed by atoms with Crippen LogP contribution in [0.2, 0.25) is 0 Å². The Labute approximate surface area is 132 Å². The van der Waals surface area contributed by atoms with Crippen LogP contribution < -0.4 is 10.6 Å². The van der Waals surface area contributed by atoms with E-state index in [2.05, 4.69) is 39.6 Å². The van der Waals surface area contributed by atoms with Gasteiger partial charge in [0.1, 0.15) is 0 Å². The van der Waals surface area contributed by atoms with Gasteiger partial charge in [0.25, 0.3) is 0 Å². The molecule has 0 saturated heterocycles. The molecule has 126 valence electrons. The third kappa shape index (κ3) is 8.61. The molecule has 0 aliphatic heterocycles. The summed E-state index contributed by atoms with van der Waals surface area (Å²) in [6.07, 6.45) is 1.77. The van der Waals surface area contributed by atoms with Crippen molar-refractivity contribution in [3.63, 3.8) is 0 Å². The van der Waals surface area contributed by atoms with Crippen molar-refractivity contribution in [1.82, 2.24) is 20.8 Å². The number of nitrogens with one attached hydrogen (secondary N) is 2. The number of guanidine groups is 1. The first kappa shape index (κ1) is 18.4. The van der Waals surface area contributed by atoms with Gasteiger partial charge in [0.15, 0.2) is 11.8 Å². The second kappa shape index (κ2) is 11.0. The maximum absolute atomic E-state index is 5.55. The van der Waals surface area contributed by atoms with Gasteiger partial charge < -0.3 is 19.9 Å². The fraction of sp³-hybridized carbons (Fsp3) is 0.800. The molecule has 1 rings (SSSR count). The molecule has 0 saturated carbocycles. The fourth-order valence-electron chi connectivity index (χ4n) is 1.71. The van der Waals surface area contributed by atoms with Gasteiger partial charge in [-0.3, -0.25) is 4.99 Å². The van der Waals surface area contributed by atoms with Crippen LogP contribution in [0.3, 0.4) is 0 Å². The number of aryl methyl sites for hydroxylation is 1. The maximum atomic E-state index is 5.55. The van der Waals surface area contributed by atoms with Gasteiger partial charge in [-0.25, -0.2) is 0 Å². The standard InChI is InChI=1S/C15H29N5O2/c1-5-16-15(18-9-11-21-10-7-12(2)3)17-8-6-14-19-13(4)20-22-14/h12H,5-11H2,1-4H3,(H2,16,17,18). The van der Waals surface area contributed by atoms with Crippen LogP contribution in [0.5, 0.6) is 0 Å². The van der Waals surface area contributed by atoms with Crippen LogP contribution in [0.25, 0.3) is 0 Å². The predicted molar refractivity (Wildman–Crippen MR) is 87.0 cm³/mol. The second-order valence-electron chi connectivity index (χ2n) is 5.47. The quantitative estimate of drug-likeness (QED) is 0.387. The summed E-state index contributed by atoms with van der Waals surface area (Å²) in [6, 6.07) is 0. The Morgan fingerprint density at radius 3 is 2.77 bits per heavy atom. The lowest BCUT2D eigenvalue weighted by Crippen LogP contribution is -2.38. The summed E-state index contributed by atoms with van der Waals surface area (Å²) in [7, 11) is 0. The zero-order valence-corrected chi connectivity index (χ0v) is 14.2. The average Bonchev–Trinajstić information content (AvgIpc) is 2.88. The molecule has 1 aromatic heterocycles. The number of aromatic nitrogens is 2. The molecule has 1 aromatic rings. The van der Waals surface area contributed by atoms with Gasteiger partial charge >= 0.3 is 0 Å². The molecule has 0 aliphatic rings. The minimum Gasteiger partial charge on any atom is -0.380 e. The molecule has 0 aliphatic carbocycles. The van der Waals surface area contributed by atoms with E-state index in [-0.39, 0.29) is 0 Å². The largest absolute Gasteiger partial charge is 0.380 e. The smallest absolute Gasteiger partial charge is 0.228 e. The molecule has 7 heteroatoms. The van der Waals surface area contributed by atoms with Gasteiger partial charge in [-0.15, -0.1) is 0 Å². The molecular formula is C15H29N5O2. The number of hydrogen-bond donors (Lipinski definition) is 2. The molecule has 2 N–H and O–H groups in total. The number of hydrogen-bond acceptors (Lipinski definition) is 5. The molecule has 1 heterocycles. The van der Waals surface area contributed by atoms with E-state index in [1.807, 2.05) is 13.8 Å². The van der Waals surface area contributed by atoms with Gasteiger partial charge in [0.05, 0.1) is 13.2 Å². The summed E-state index contributed by atoms with van der Waals surface area (Å²) in [5, 5.41) is 10.2. The van der Waals surface area contributed by atoms with E-state index in [1.54, 1.807) is 0 Å². The van der Waals surface area contributed by atoms with Crippen LogP contribution in [0.4, 0.5) is 0 Å². The summed E-state index contributed by atoms with van der Waals surface area (Å²) in [5.74, 6) is 2.76. The van der Waals surface area contributed by atoms with E-state index in [0.29, 0.717) is 43.8 Å². The first-order valence-corrected chi connectivity index (χ1v) is 8.01. The van der Waals surface area contributed by atoms with Crippen LogP contribution >= 0.6 is 0 Å². The molecule has 0 radical (unpaired) electrons. The predicted octanol–water partition coefficient (Wildman–Crippen LogP) is 1.54. The van der Waals surface area contributed by atoms with Crippen molar-refractivity contribution in [1.29, 1.82) is 0 Å². The Balaban J connectivity index is 2.20. The van der Waals surface area contributed by atoms with E-state index < -0.39 is 0 Å². The van der Waals surface area contributed by atoms with E-state index in [4.69, 9.17) is 9.26 Å². The molecule has 7 nitrogen and oxygen atoms in total. The molecule has 0 amide bonds. The second-order valence-corrected chi connectivity index (χ2v) is 5.47. The molecule has 0 atom stereocenters. The minimum absolute atomic E-state index is 0.637.